The van der Waals surface area contributed by atoms with Gasteiger partial charge in [-0.1, -0.05) is 12.1 Å². The van der Waals surface area contributed by atoms with Gasteiger partial charge in [0.05, 0.1) is 13.2 Å². The maximum absolute atomic E-state index is 13.7. The van der Waals surface area contributed by atoms with Crippen LogP contribution in [0.3, 0.4) is 0 Å². The highest BCUT2D eigenvalue weighted by Crippen LogP contribution is 2.40. The molecule has 1 N–H and O–H groups in total. The molecule has 0 aliphatic heterocycles. The third-order valence-electron chi connectivity index (χ3n) is 2.85. The van der Waals surface area contributed by atoms with Crippen LogP contribution >= 0.6 is 0 Å². The second kappa shape index (κ2) is 7.30. The third-order valence-corrected chi connectivity index (χ3v) is 2.85. The topological polar surface area (TPSA) is 64.6 Å². The van der Waals surface area contributed by atoms with Gasteiger partial charge in [0.25, 0.3) is 5.54 Å². The summed E-state index contributed by atoms with van der Waals surface area (Å²) < 4.78 is 62.9. The quantitative estimate of drug-likeness (QED) is 0.663. The minimum Gasteiger partial charge on any atom is -0.464 e. The number of rotatable bonds is 5. The molecule has 0 saturated carbocycles. The van der Waals surface area contributed by atoms with Crippen LogP contribution in [0.4, 0.5) is 22.4 Å². The number of carbonyl (C=O) groups excluding carboxylic acids is 2. The number of benzene rings is 1. The van der Waals surface area contributed by atoms with E-state index in [1.165, 1.54) is 19.2 Å². The van der Waals surface area contributed by atoms with Crippen LogP contribution in [0.25, 0.3) is 0 Å². The van der Waals surface area contributed by atoms with Crippen LogP contribution in [-0.4, -0.2) is 31.5 Å². The molecule has 5 nitrogen and oxygen atoms in total. The van der Waals surface area contributed by atoms with Crippen LogP contribution in [0.5, 0.6) is 0 Å². The molecule has 0 aromatic heterocycles. The molecule has 1 aromatic rings. The van der Waals surface area contributed by atoms with Gasteiger partial charge in [-0.2, -0.15) is 13.2 Å². The Morgan fingerprint density at radius 3 is 2.00 bits per heavy atom. The SMILES string of the molecule is CCOC(=O)N[C@](C(=O)OCC)(c1ccc(F)cc1)C(F)(F)F. The minimum atomic E-state index is -5.25. The second-order valence-corrected chi connectivity index (χ2v) is 4.32. The van der Waals surface area contributed by atoms with E-state index in [0.717, 1.165) is 24.3 Å². The fourth-order valence-corrected chi connectivity index (χ4v) is 1.85. The van der Waals surface area contributed by atoms with Crippen LogP contribution in [0.1, 0.15) is 19.4 Å². The summed E-state index contributed by atoms with van der Waals surface area (Å²) in [6.45, 7) is 2.15. The molecule has 1 atom stereocenters. The Hall–Kier alpha value is -2.32. The van der Waals surface area contributed by atoms with E-state index in [1.54, 1.807) is 0 Å². The largest absolute Gasteiger partial charge is 0.464 e. The molecule has 0 unspecified atom stereocenters. The average Bonchev–Trinajstić information content (AvgIpc) is 2.45. The molecule has 1 aromatic carbocycles. The van der Waals surface area contributed by atoms with Gasteiger partial charge in [-0.05, 0) is 31.5 Å². The number of halogens is 4. The van der Waals surface area contributed by atoms with Crippen LogP contribution < -0.4 is 5.32 Å². The molecule has 0 saturated heterocycles. The number of alkyl carbamates (subject to hydrolysis) is 1. The monoisotopic (exact) mass is 337 g/mol. The van der Waals surface area contributed by atoms with Gasteiger partial charge in [0, 0.05) is 0 Å². The van der Waals surface area contributed by atoms with Crippen molar-refractivity contribution in [2.45, 2.75) is 25.6 Å². The molecule has 0 aliphatic rings. The number of hydrogen-bond acceptors (Lipinski definition) is 4. The van der Waals surface area contributed by atoms with Gasteiger partial charge in [0.2, 0.25) is 0 Å². The zero-order valence-corrected chi connectivity index (χ0v) is 12.4. The molecule has 0 aliphatic carbocycles. The molecule has 1 amide bonds. The Labute approximate surface area is 129 Å². The van der Waals surface area contributed by atoms with Crippen molar-refractivity contribution in [1.29, 1.82) is 0 Å². The molecule has 9 heteroatoms. The normalized spacial score (nSPS) is 13.8. The Morgan fingerprint density at radius 2 is 1.57 bits per heavy atom. The molecule has 0 spiro atoms. The van der Waals surface area contributed by atoms with Crippen LogP contribution in [0.15, 0.2) is 24.3 Å². The number of carbonyl (C=O) groups is 2. The molecule has 1 rings (SSSR count). The van der Waals surface area contributed by atoms with Gasteiger partial charge < -0.3 is 9.47 Å². The highest BCUT2D eigenvalue weighted by atomic mass is 19.4. The first-order chi connectivity index (χ1) is 10.7. The standard InChI is InChI=1S/C14H15F4NO4/c1-3-22-11(20)13(14(16,17)18,19-12(21)23-4-2)9-5-7-10(15)8-6-9/h5-8H,3-4H2,1-2H3,(H,19,21)/t13-/m0/s1. The second-order valence-electron chi connectivity index (χ2n) is 4.32. The lowest BCUT2D eigenvalue weighted by Gasteiger charge is -2.33. The molecule has 0 radical (unpaired) electrons. The molecule has 0 heterocycles. The van der Waals surface area contributed by atoms with E-state index in [2.05, 4.69) is 9.47 Å². The highest BCUT2D eigenvalue weighted by molar-refractivity contribution is 5.88. The van der Waals surface area contributed by atoms with Gasteiger partial charge in [-0.3, -0.25) is 5.32 Å². The summed E-state index contributed by atoms with van der Waals surface area (Å²) >= 11 is 0. The zero-order valence-electron chi connectivity index (χ0n) is 12.4. The van der Waals surface area contributed by atoms with Gasteiger partial charge in [0.1, 0.15) is 5.82 Å². The van der Waals surface area contributed by atoms with E-state index in [-0.39, 0.29) is 13.2 Å². The highest BCUT2D eigenvalue weighted by Gasteiger charge is 2.64. The Balaban J connectivity index is 3.49. The fourth-order valence-electron chi connectivity index (χ4n) is 1.85. The van der Waals surface area contributed by atoms with Crippen molar-refractivity contribution < 1.29 is 36.6 Å². The Bertz CT molecular complexity index is 559. The van der Waals surface area contributed by atoms with E-state index in [1.807, 2.05) is 0 Å². The lowest BCUT2D eigenvalue weighted by molar-refractivity contribution is -0.215. The van der Waals surface area contributed by atoms with Crippen molar-refractivity contribution in [2.24, 2.45) is 0 Å². The number of ether oxygens (including phenoxy) is 2. The maximum atomic E-state index is 13.7. The summed E-state index contributed by atoms with van der Waals surface area (Å²) in [7, 11) is 0. The van der Waals surface area contributed by atoms with Crippen LogP contribution in [-0.2, 0) is 19.8 Å². The predicted molar refractivity (Wildman–Crippen MR) is 70.9 cm³/mol. The summed E-state index contributed by atoms with van der Waals surface area (Å²) in [6.07, 6.45) is -6.70. The lowest BCUT2D eigenvalue weighted by atomic mass is 9.89. The van der Waals surface area contributed by atoms with Crippen molar-refractivity contribution in [3.63, 3.8) is 0 Å². The Kier molecular flexibility index (Phi) is 5.94. The van der Waals surface area contributed by atoms with Crippen molar-refractivity contribution in [2.75, 3.05) is 13.2 Å². The number of nitrogens with one attached hydrogen (secondary N) is 1. The van der Waals surface area contributed by atoms with E-state index in [4.69, 9.17) is 0 Å². The maximum Gasteiger partial charge on any atom is 0.426 e. The van der Waals surface area contributed by atoms with Crippen molar-refractivity contribution >= 4 is 12.1 Å². The molecule has 0 bridgehead atoms. The van der Waals surface area contributed by atoms with E-state index >= 15 is 0 Å². The summed E-state index contributed by atoms with van der Waals surface area (Å²) in [5.74, 6) is -2.54. The molecule has 23 heavy (non-hydrogen) atoms. The minimum absolute atomic E-state index is 0.202. The number of alkyl halides is 3. The first-order valence-electron chi connectivity index (χ1n) is 6.64. The first-order valence-corrected chi connectivity index (χ1v) is 6.64. The van der Waals surface area contributed by atoms with Gasteiger partial charge in [0.15, 0.2) is 0 Å². The third kappa shape index (κ3) is 3.91. The van der Waals surface area contributed by atoms with E-state index < -0.39 is 35.2 Å². The molecular weight excluding hydrogens is 322 g/mol. The van der Waals surface area contributed by atoms with E-state index in [9.17, 15) is 27.2 Å². The predicted octanol–water partition coefficient (Wildman–Crippen LogP) is 2.89. The fraction of sp³-hybridized carbons (Fsp3) is 0.429. The van der Waals surface area contributed by atoms with E-state index in [0.29, 0.717) is 0 Å². The zero-order chi connectivity index (χ0) is 17.7. The lowest BCUT2D eigenvalue weighted by Crippen LogP contribution is -2.62. The first kappa shape index (κ1) is 18.7. The number of esters is 1. The smallest absolute Gasteiger partial charge is 0.426 e. The molecule has 128 valence electrons. The van der Waals surface area contributed by atoms with Gasteiger partial charge in [-0.25, -0.2) is 14.0 Å². The van der Waals surface area contributed by atoms with Crippen LogP contribution in [0.2, 0.25) is 0 Å². The molecule has 0 fully saturated rings. The van der Waals surface area contributed by atoms with Gasteiger partial charge >= 0.3 is 18.2 Å². The summed E-state index contributed by atoms with van der Waals surface area (Å²) in [5.41, 5.74) is -4.19. The van der Waals surface area contributed by atoms with Gasteiger partial charge in [-0.15, -0.1) is 0 Å². The summed E-state index contributed by atoms with van der Waals surface area (Å²) in [6, 6.07) is 2.96. The van der Waals surface area contributed by atoms with Crippen molar-refractivity contribution in [3.8, 4) is 0 Å². The van der Waals surface area contributed by atoms with Crippen molar-refractivity contribution in [1.82, 2.24) is 5.32 Å². The molecular formula is C14H15F4NO4. The number of amides is 1. The summed E-state index contributed by atoms with van der Waals surface area (Å²) in [5, 5.41) is 1.51. The van der Waals surface area contributed by atoms with Crippen molar-refractivity contribution in [3.05, 3.63) is 35.6 Å². The van der Waals surface area contributed by atoms with Crippen LogP contribution in [0, 0.1) is 5.82 Å². The Morgan fingerprint density at radius 1 is 1.04 bits per heavy atom. The number of hydrogen-bond donors (Lipinski definition) is 1. The summed E-state index contributed by atoms with van der Waals surface area (Å²) in [4.78, 5) is 23.6. The average molecular weight is 337 g/mol.